The van der Waals surface area contributed by atoms with Gasteiger partial charge >= 0.3 is 5.97 Å². The van der Waals surface area contributed by atoms with E-state index in [9.17, 15) is 4.79 Å². The van der Waals surface area contributed by atoms with Crippen molar-refractivity contribution in [1.82, 2.24) is 0 Å². The summed E-state index contributed by atoms with van der Waals surface area (Å²) in [6, 6.07) is 13.5. The van der Waals surface area contributed by atoms with E-state index in [2.05, 4.69) is 0 Å². The average Bonchev–Trinajstić information content (AvgIpc) is 2.18. The normalized spacial score (nSPS) is 9.60. The fourth-order valence-electron chi connectivity index (χ4n) is 1.61. The average molecular weight is 202 g/mol. The minimum atomic E-state index is -0.790. The van der Waals surface area contributed by atoms with Crippen molar-refractivity contribution in [3.8, 4) is 0 Å². The lowest BCUT2D eigenvalue weighted by atomic mass is 10.0. The number of aliphatic carboxylic acids is 1. The summed E-state index contributed by atoms with van der Waals surface area (Å²) in [7, 11) is 0. The molecule has 0 aliphatic heterocycles. The second kappa shape index (κ2) is 4.60. The third-order valence-electron chi connectivity index (χ3n) is 2.22. The van der Waals surface area contributed by atoms with Gasteiger partial charge in [-0.2, -0.15) is 0 Å². The number of carboxylic acids is 1. The topological polar surface area (TPSA) is 37.3 Å². The zero-order valence-electron chi connectivity index (χ0n) is 7.60. The number of carbonyl (C=O) groups is 1. The maximum absolute atomic E-state index is 10.6. The van der Waals surface area contributed by atoms with E-state index in [-0.39, 0.29) is 13.8 Å². The van der Waals surface area contributed by atoms with Gasteiger partial charge in [0.15, 0.2) is 0 Å². The fourth-order valence-corrected chi connectivity index (χ4v) is 1.61. The number of fused-ring (bicyclic) bond motifs is 1. The molecule has 78 valence electrons. The SMILES string of the molecule is C.O=C(O)Cc1cccc2ccccc12. The standard InChI is InChI=1S/C12H10O2.CH4/c13-12(14)8-10-6-3-5-9-4-1-2-7-11(9)10;/h1-7H,8H2,(H,13,14);1H4. The molecule has 2 heteroatoms. The van der Waals surface area contributed by atoms with Gasteiger partial charge in [-0.05, 0) is 16.3 Å². The number of carboxylic acid groups (broad SMARTS) is 1. The molecular weight excluding hydrogens is 188 g/mol. The summed E-state index contributed by atoms with van der Waals surface area (Å²) in [6.45, 7) is 0. The van der Waals surface area contributed by atoms with E-state index >= 15 is 0 Å². The highest BCUT2D eigenvalue weighted by atomic mass is 16.4. The molecule has 1 N–H and O–H groups in total. The van der Waals surface area contributed by atoms with Gasteiger partial charge in [0.05, 0.1) is 6.42 Å². The Labute approximate surface area is 89.2 Å². The van der Waals surface area contributed by atoms with Crippen LogP contribution in [0.4, 0.5) is 0 Å². The van der Waals surface area contributed by atoms with Crippen LogP contribution in [0.25, 0.3) is 10.8 Å². The molecular formula is C13H14O2. The van der Waals surface area contributed by atoms with Crippen LogP contribution in [-0.4, -0.2) is 11.1 Å². The molecule has 0 amide bonds. The molecule has 2 rings (SSSR count). The Bertz CT molecular complexity index is 469. The number of rotatable bonds is 2. The number of hydrogen-bond acceptors (Lipinski definition) is 1. The van der Waals surface area contributed by atoms with Crippen LogP contribution in [0.15, 0.2) is 42.5 Å². The third-order valence-corrected chi connectivity index (χ3v) is 2.22. The maximum atomic E-state index is 10.6. The molecule has 0 spiro atoms. The van der Waals surface area contributed by atoms with E-state index in [1.165, 1.54) is 0 Å². The summed E-state index contributed by atoms with van der Waals surface area (Å²) < 4.78 is 0. The lowest BCUT2D eigenvalue weighted by molar-refractivity contribution is -0.136. The summed E-state index contributed by atoms with van der Waals surface area (Å²) in [5, 5.41) is 10.8. The third kappa shape index (κ3) is 2.34. The van der Waals surface area contributed by atoms with Crippen molar-refractivity contribution in [2.45, 2.75) is 13.8 Å². The summed E-state index contributed by atoms with van der Waals surface area (Å²) in [6.07, 6.45) is 0.0847. The molecule has 15 heavy (non-hydrogen) atoms. The molecule has 0 unspecified atom stereocenters. The highest BCUT2D eigenvalue weighted by Gasteiger charge is 2.03. The lowest BCUT2D eigenvalue weighted by Crippen LogP contribution is -2.00. The van der Waals surface area contributed by atoms with Crippen LogP contribution in [-0.2, 0) is 11.2 Å². The van der Waals surface area contributed by atoms with Crippen molar-refractivity contribution in [1.29, 1.82) is 0 Å². The Morgan fingerprint density at radius 1 is 1.07 bits per heavy atom. The van der Waals surface area contributed by atoms with E-state index in [0.717, 1.165) is 16.3 Å². The van der Waals surface area contributed by atoms with Crippen LogP contribution in [0, 0.1) is 0 Å². The highest BCUT2D eigenvalue weighted by Crippen LogP contribution is 2.18. The summed E-state index contributed by atoms with van der Waals surface area (Å²) in [5.74, 6) is -0.790. The first-order chi connectivity index (χ1) is 6.77. The zero-order chi connectivity index (χ0) is 9.97. The molecule has 0 radical (unpaired) electrons. The van der Waals surface area contributed by atoms with Gasteiger partial charge < -0.3 is 5.11 Å². The predicted molar refractivity (Wildman–Crippen MR) is 62.0 cm³/mol. The van der Waals surface area contributed by atoms with Crippen molar-refractivity contribution in [3.63, 3.8) is 0 Å². The first-order valence-electron chi connectivity index (χ1n) is 4.46. The monoisotopic (exact) mass is 202 g/mol. The molecule has 0 fully saturated rings. The molecule has 0 saturated heterocycles. The van der Waals surface area contributed by atoms with Crippen molar-refractivity contribution < 1.29 is 9.90 Å². The second-order valence-electron chi connectivity index (χ2n) is 3.21. The highest BCUT2D eigenvalue weighted by molar-refractivity contribution is 5.88. The lowest BCUT2D eigenvalue weighted by Gasteiger charge is -2.02. The first kappa shape index (κ1) is 11.2. The number of benzene rings is 2. The molecule has 0 aliphatic carbocycles. The van der Waals surface area contributed by atoms with E-state index in [4.69, 9.17) is 5.11 Å². The van der Waals surface area contributed by atoms with Gasteiger partial charge in [-0.25, -0.2) is 0 Å². The van der Waals surface area contributed by atoms with Crippen LogP contribution in [0.3, 0.4) is 0 Å². The molecule has 0 aromatic heterocycles. The van der Waals surface area contributed by atoms with Gasteiger partial charge in [-0.1, -0.05) is 49.9 Å². The molecule has 0 aliphatic rings. The van der Waals surface area contributed by atoms with Crippen LogP contribution in [0.5, 0.6) is 0 Å². The smallest absolute Gasteiger partial charge is 0.307 e. The first-order valence-corrected chi connectivity index (χ1v) is 4.46. The quantitative estimate of drug-likeness (QED) is 0.812. The molecule has 0 bridgehead atoms. The molecule has 0 atom stereocenters. The summed E-state index contributed by atoms with van der Waals surface area (Å²) >= 11 is 0. The maximum Gasteiger partial charge on any atom is 0.307 e. The molecule has 0 saturated carbocycles. The number of hydrogen-bond donors (Lipinski definition) is 1. The second-order valence-corrected chi connectivity index (χ2v) is 3.21. The van der Waals surface area contributed by atoms with Crippen molar-refractivity contribution >= 4 is 16.7 Å². The van der Waals surface area contributed by atoms with Crippen molar-refractivity contribution in [2.24, 2.45) is 0 Å². The van der Waals surface area contributed by atoms with E-state index in [1.807, 2.05) is 42.5 Å². The fraction of sp³-hybridized carbons (Fsp3) is 0.154. The van der Waals surface area contributed by atoms with Crippen molar-refractivity contribution in [3.05, 3.63) is 48.0 Å². The predicted octanol–water partition coefficient (Wildman–Crippen LogP) is 3.10. The summed E-state index contributed by atoms with van der Waals surface area (Å²) in [5.41, 5.74) is 0.871. The van der Waals surface area contributed by atoms with Crippen LogP contribution in [0.2, 0.25) is 0 Å². The Morgan fingerprint density at radius 3 is 2.47 bits per heavy atom. The Hall–Kier alpha value is -1.83. The summed E-state index contributed by atoms with van der Waals surface area (Å²) in [4.78, 5) is 10.6. The van der Waals surface area contributed by atoms with E-state index in [0.29, 0.717) is 0 Å². The Balaban J connectivity index is 0.00000112. The van der Waals surface area contributed by atoms with Gasteiger partial charge in [0.1, 0.15) is 0 Å². The minimum Gasteiger partial charge on any atom is -0.481 e. The van der Waals surface area contributed by atoms with Crippen molar-refractivity contribution in [2.75, 3.05) is 0 Å². The van der Waals surface area contributed by atoms with Gasteiger partial charge in [0.2, 0.25) is 0 Å². The van der Waals surface area contributed by atoms with Gasteiger partial charge in [-0.15, -0.1) is 0 Å². The largest absolute Gasteiger partial charge is 0.481 e. The van der Waals surface area contributed by atoms with E-state index in [1.54, 1.807) is 0 Å². The van der Waals surface area contributed by atoms with Gasteiger partial charge in [0, 0.05) is 0 Å². The minimum absolute atomic E-state index is 0. The van der Waals surface area contributed by atoms with Crippen LogP contribution >= 0.6 is 0 Å². The zero-order valence-corrected chi connectivity index (χ0v) is 7.60. The van der Waals surface area contributed by atoms with Gasteiger partial charge in [-0.3, -0.25) is 4.79 Å². The molecule has 2 aromatic carbocycles. The van der Waals surface area contributed by atoms with Crippen LogP contribution < -0.4 is 0 Å². The molecule has 2 nitrogen and oxygen atoms in total. The molecule has 0 heterocycles. The van der Waals surface area contributed by atoms with Crippen LogP contribution in [0.1, 0.15) is 13.0 Å². The van der Waals surface area contributed by atoms with E-state index < -0.39 is 5.97 Å². The molecule has 2 aromatic rings. The Kier molecular flexibility index (Phi) is 3.45. The van der Waals surface area contributed by atoms with Gasteiger partial charge in [0.25, 0.3) is 0 Å². The Morgan fingerprint density at radius 2 is 1.73 bits per heavy atom.